The summed E-state index contributed by atoms with van der Waals surface area (Å²) in [4.78, 5) is 37.2. The number of para-hydroxylation sites is 1. The SMILES string of the molecule is Cc1ccc2c(c1)N(C(=O)c1cccc(N3CCCC3)n1)CCc1cc(C(=O)Nc3c(C)cccc3F)sc1-2. The van der Waals surface area contributed by atoms with Crippen LogP contribution in [-0.2, 0) is 6.42 Å². The zero-order valence-electron chi connectivity index (χ0n) is 22.0. The highest BCUT2D eigenvalue weighted by molar-refractivity contribution is 7.17. The van der Waals surface area contributed by atoms with Crippen LogP contribution in [0.1, 0.15) is 49.7 Å². The number of hydrogen-bond donors (Lipinski definition) is 1. The van der Waals surface area contributed by atoms with Crippen molar-refractivity contribution in [1.82, 2.24) is 4.98 Å². The van der Waals surface area contributed by atoms with Gasteiger partial charge in [-0.3, -0.25) is 9.59 Å². The van der Waals surface area contributed by atoms with E-state index in [0.717, 1.165) is 59.0 Å². The van der Waals surface area contributed by atoms with Gasteiger partial charge < -0.3 is 15.1 Å². The molecule has 0 radical (unpaired) electrons. The zero-order chi connectivity index (χ0) is 27.1. The van der Waals surface area contributed by atoms with Crippen LogP contribution >= 0.6 is 11.3 Å². The molecule has 0 unspecified atom stereocenters. The van der Waals surface area contributed by atoms with E-state index in [-0.39, 0.29) is 17.5 Å². The van der Waals surface area contributed by atoms with Gasteiger partial charge in [0, 0.05) is 30.1 Å². The summed E-state index contributed by atoms with van der Waals surface area (Å²) in [6.45, 7) is 6.15. The van der Waals surface area contributed by atoms with Crippen molar-refractivity contribution < 1.29 is 14.0 Å². The molecule has 1 fully saturated rings. The molecule has 0 spiro atoms. The maximum atomic E-state index is 14.4. The Bertz CT molecular complexity index is 1570. The van der Waals surface area contributed by atoms with Crippen molar-refractivity contribution >= 4 is 40.3 Å². The maximum Gasteiger partial charge on any atom is 0.276 e. The molecule has 39 heavy (non-hydrogen) atoms. The summed E-state index contributed by atoms with van der Waals surface area (Å²) in [5.74, 6) is -0.0896. The average Bonchev–Trinajstić information content (AvgIpc) is 3.60. The Kier molecular flexibility index (Phi) is 6.64. The molecule has 4 heterocycles. The molecule has 0 aliphatic carbocycles. The summed E-state index contributed by atoms with van der Waals surface area (Å²) in [6, 6.07) is 18.3. The number of aromatic nitrogens is 1. The number of benzene rings is 2. The Labute approximate surface area is 231 Å². The van der Waals surface area contributed by atoms with Crippen LogP contribution in [0, 0.1) is 19.7 Å². The number of nitrogens with zero attached hydrogens (tertiary/aromatic N) is 3. The quantitative estimate of drug-likeness (QED) is 0.316. The first kappa shape index (κ1) is 25.2. The van der Waals surface area contributed by atoms with Gasteiger partial charge in [-0.05, 0) is 80.1 Å². The third-order valence-corrected chi connectivity index (χ3v) is 8.62. The van der Waals surface area contributed by atoms with Gasteiger partial charge >= 0.3 is 0 Å². The number of carbonyl (C=O) groups is 2. The third-order valence-electron chi connectivity index (χ3n) is 7.42. The smallest absolute Gasteiger partial charge is 0.276 e. The number of amides is 2. The van der Waals surface area contributed by atoms with Gasteiger partial charge in [0.25, 0.3) is 11.8 Å². The van der Waals surface area contributed by atoms with Crippen LogP contribution < -0.4 is 15.1 Å². The van der Waals surface area contributed by atoms with Crippen molar-refractivity contribution in [3.63, 3.8) is 0 Å². The van der Waals surface area contributed by atoms with Crippen LogP contribution in [0.2, 0.25) is 0 Å². The first-order valence-electron chi connectivity index (χ1n) is 13.2. The maximum absolute atomic E-state index is 14.4. The van der Waals surface area contributed by atoms with Crippen molar-refractivity contribution in [2.24, 2.45) is 0 Å². The van der Waals surface area contributed by atoms with Crippen LogP contribution in [0.15, 0.2) is 60.7 Å². The molecule has 2 aromatic heterocycles. The summed E-state index contributed by atoms with van der Waals surface area (Å²) in [7, 11) is 0. The molecule has 0 saturated carbocycles. The van der Waals surface area contributed by atoms with E-state index < -0.39 is 5.82 Å². The number of aryl methyl sites for hydroxylation is 2. The van der Waals surface area contributed by atoms with Gasteiger partial charge in [-0.15, -0.1) is 11.3 Å². The fourth-order valence-corrected chi connectivity index (χ4v) is 6.48. The van der Waals surface area contributed by atoms with E-state index >= 15 is 0 Å². The molecule has 198 valence electrons. The lowest BCUT2D eigenvalue weighted by molar-refractivity contribution is 0.0981. The van der Waals surface area contributed by atoms with Crippen molar-refractivity contribution in [3.8, 4) is 10.4 Å². The van der Waals surface area contributed by atoms with Crippen LogP contribution in [0.4, 0.5) is 21.6 Å². The topological polar surface area (TPSA) is 65.5 Å². The molecule has 2 aromatic carbocycles. The van der Waals surface area contributed by atoms with E-state index in [1.54, 1.807) is 25.1 Å². The highest BCUT2D eigenvalue weighted by Gasteiger charge is 2.29. The fourth-order valence-electron chi connectivity index (χ4n) is 5.34. The lowest BCUT2D eigenvalue weighted by Gasteiger charge is -2.24. The van der Waals surface area contributed by atoms with Crippen LogP contribution in [-0.4, -0.2) is 36.4 Å². The molecule has 2 aliphatic heterocycles. The van der Waals surface area contributed by atoms with E-state index in [2.05, 4.69) is 10.2 Å². The first-order chi connectivity index (χ1) is 18.9. The second kappa shape index (κ2) is 10.3. The van der Waals surface area contributed by atoms with Gasteiger partial charge in [0.05, 0.1) is 16.3 Å². The number of halogens is 1. The molecule has 6 nitrogen and oxygen atoms in total. The molecule has 8 heteroatoms. The van der Waals surface area contributed by atoms with Gasteiger partial charge in [0.15, 0.2) is 0 Å². The Morgan fingerprint density at radius 1 is 0.974 bits per heavy atom. The summed E-state index contributed by atoms with van der Waals surface area (Å²) < 4.78 is 14.4. The molecule has 1 saturated heterocycles. The summed E-state index contributed by atoms with van der Waals surface area (Å²) in [5.41, 5.74) is 5.04. The predicted octanol–water partition coefficient (Wildman–Crippen LogP) is 6.62. The molecule has 0 atom stereocenters. The molecule has 1 N–H and O–H groups in total. The number of anilines is 3. The number of carbonyl (C=O) groups excluding carboxylic acids is 2. The molecule has 2 aliphatic rings. The van der Waals surface area contributed by atoms with E-state index in [1.807, 2.05) is 48.2 Å². The van der Waals surface area contributed by atoms with Crippen LogP contribution in [0.25, 0.3) is 10.4 Å². The third kappa shape index (κ3) is 4.81. The van der Waals surface area contributed by atoms with Crippen LogP contribution in [0.5, 0.6) is 0 Å². The largest absolute Gasteiger partial charge is 0.357 e. The highest BCUT2D eigenvalue weighted by Crippen LogP contribution is 2.42. The van der Waals surface area contributed by atoms with Crippen molar-refractivity contribution in [2.45, 2.75) is 33.1 Å². The lowest BCUT2D eigenvalue weighted by Crippen LogP contribution is -2.33. The normalized spacial score (nSPS) is 14.5. The van der Waals surface area contributed by atoms with Crippen molar-refractivity contribution in [2.75, 3.05) is 34.8 Å². The Balaban J connectivity index is 1.33. The number of thiophene rings is 1. The average molecular weight is 541 g/mol. The molecule has 6 rings (SSSR count). The monoisotopic (exact) mass is 540 g/mol. The van der Waals surface area contributed by atoms with E-state index in [1.165, 1.54) is 17.4 Å². The lowest BCUT2D eigenvalue weighted by atomic mass is 10.1. The molecular formula is C31H29FN4O2S. The van der Waals surface area contributed by atoms with Crippen molar-refractivity contribution in [1.29, 1.82) is 0 Å². The Morgan fingerprint density at radius 3 is 2.56 bits per heavy atom. The Hall–Kier alpha value is -4.04. The summed E-state index contributed by atoms with van der Waals surface area (Å²) in [6.07, 6.45) is 2.87. The molecular weight excluding hydrogens is 511 g/mol. The van der Waals surface area contributed by atoms with Gasteiger partial charge in [-0.25, -0.2) is 9.37 Å². The zero-order valence-corrected chi connectivity index (χ0v) is 22.8. The fraction of sp³-hybridized carbons (Fsp3) is 0.258. The minimum Gasteiger partial charge on any atom is -0.357 e. The van der Waals surface area contributed by atoms with Gasteiger partial charge in [-0.2, -0.15) is 0 Å². The number of hydrogen-bond acceptors (Lipinski definition) is 5. The van der Waals surface area contributed by atoms with Gasteiger partial charge in [-0.1, -0.05) is 30.3 Å². The van der Waals surface area contributed by atoms with E-state index in [9.17, 15) is 14.0 Å². The summed E-state index contributed by atoms with van der Waals surface area (Å²) in [5, 5.41) is 2.75. The minimum absolute atomic E-state index is 0.133. The van der Waals surface area contributed by atoms with Gasteiger partial charge in [0.1, 0.15) is 17.3 Å². The van der Waals surface area contributed by atoms with E-state index in [4.69, 9.17) is 4.98 Å². The first-order valence-corrected chi connectivity index (χ1v) is 14.0. The minimum atomic E-state index is -0.459. The summed E-state index contributed by atoms with van der Waals surface area (Å²) >= 11 is 1.37. The number of fused-ring (bicyclic) bond motifs is 3. The standard InChI is InChI=1S/C31H29FN4O2S/c1-19-11-12-22-25(17-19)36(31(38)24-9-6-10-27(33-24)35-14-3-4-15-35)16-13-21-18-26(39-29(21)22)30(37)34-28-20(2)7-5-8-23(28)32/h5-12,17-18H,3-4,13-16H2,1-2H3,(H,34,37). The number of nitrogens with one attached hydrogen (secondary N) is 1. The van der Waals surface area contributed by atoms with Gasteiger partial charge in [0.2, 0.25) is 0 Å². The number of rotatable bonds is 4. The number of pyridine rings is 1. The highest BCUT2D eigenvalue weighted by atomic mass is 32.1. The second-order valence-corrected chi connectivity index (χ2v) is 11.2. The Morgan fingerprint density at radius 2 is 1.77 bits per heavy atom. The molecule has 2 amide bonds. The molecule has 4 aromatic rings. The van der Waals surface area contributed by atoms with E-state index in [0.29, 0.717) is 29.1 Å². The van der Waals surface area contributed by atoms with Crippen LogP contribution in [0.3, 0.4) is 0 Å². The second-order valence-electron chi connectivity index (χ2n) is 10.2. The predicted molar refractivity (Wildman–Crippen MR) is 155 cm³/mol. The molecule has 0 bridgehead atoms. The van der Waals surface area contributed by atoms with Crippen molar-refractivity contribution in [3.05, 3.63) is 93.7 Å².